The number of carbonyl (C=O) groups excluding carboxylic acids is 1. The Morgan fingerprint density at radius 2 is 1.97 bits per heavy atom. The lowest BCUT2D eigenvalue weighted by molar-refractivity contribution is 0.0971. The van der Waals surface area contributed by atoms with Crippen LogP contribution in [-0.2, 0) is 0 Å². The van der Waals surface area contributed by atoms with Crippen molar-refractivity contribution < 1.29 is 9.53 Å². The number of carbonyl (C=O) groups is 1. The molecule has 3 aromatic rings. The maximum atomic E-state index is 13.7. The van der Waals surface area contributed by atoms with E-state index < -0.39 is 0 Å². The summed E-state index contributed by atoms with van der Waals surface area (Å²) < 4.78 is 8.06. The van der Waals surface area contributed by atoms with Crippen LogP contribution in [0.25, 0.3) is 10.2 Å². The number of hydrogen-bond acceptors (Lipinski definition) is 6. The number of fused-ring (bicyclic) bond motifs is 1. The van der Waals surface area contributed by atoms with E-state index in [9.17, 15) is 4.79 Å². The molecule has 168 valence electrons. The number of aromatic nitrogens is 3. The molecule has 2 aromatic heterocycles. The van der Waals surface area contributed by atoms with E-state index in [1.165, 1.54) is 11.3 Å². The van der Waals surface area contributed by atoms with Gasteiger partial charge in [0.2, 0.25) is 0 Å². The van der Waals surface area contributed by atoms with Gasteiger partial charge in [0.25, 0.3) is 5.91 Å². The quantitative estimate of drug-likeness (QED) is 0.445. The van der Waals surface area contributed by atoms with Gasteiger partial charge in [-0.1, -0.05) is 36.8 Å². The van der Waals surface area contributed by atoms with Crippen molar-refractivity contribution in [2.24, 2.45) is 0 Å². The molecule has 0 spiro atoms. The number of likely N-dealkylation sites (N-methyl/N-ethyl adjacent to an activating group) is 1. The summed E-state index contributed by atoms with van der Waals surface area (Å²) in [7, 11) is 1.61. The molecule has 1 aromatic carbocycles. The summed E-state index contributed by atoms with van der Waals surface area (Å²) in [4.78, 5) is 22.5. The average molecular weight is 464 g/mol. The van der Waals surface area contributed by atoms with Gasteiger partial charge < -0.3 is 9.64 Å². The molecule has 0 N–H and O–H groups in total. The molecule has 0 bridgehead atoms. The van der Waals surface area contributed by atoms with Gasteiger partial charge >= 0.3 is 0 Å². The first-order valence-corrected chi connectivity index (χ1v) is 11.7. The molecule has 31 heavy (non-hydrogen) atoms. The van der Waals surface area contributed by atoms with Crippen molar-refractivity contribution >= 4 is 44.2 Å². The van der Waals surface area contributed by atoms with Gasteiger partial charge in [0, 0.05) is 19.1 Å². The SMILES string of the molecule is CCN(CC)CCN(C(=O)c1cc(C)nn1C(C)C)c1nc2c(OC)ccc(Cl)c2s1. The zero-order valence-electron chi connectivity index (χ0n) is 19.0. The zero-order valence-corrected chi connectivity index (χ0v) is 20.5. The first-order valence-electron chi connectivity index (χ1n) is 10.5. The molecule has 1 amide bonds. The van der Waals surface area contributed by atoms with Crippen LogP contribution in [0.3, 0.4) is 0 Å². The predicted octanol–water partition coefficient (Wildman–Crippen LogP) is 5.03. The summed E-state index contributed by atoms with van der Waals surface area (Å²) >= 11 is 7.84. The number of aryl methyl sites for hydroxylation is 1. The Labute approximate surface area is 192 Å². The fraction of sp³-hybridized carbons (Fsp3) is 0.500. The predicted molar refractivity (Wildman–Crippen MR) is 128 cm³/mol. The van der Waals surface area contributed by atoms with Crippen molar-refractivity contribution in [3.63, 3.8) is 0 Å². The first-order chi connectivity index (χ1) is 14.8. The summed E-state index contributed by atoms with van der Waals surface area (Å²) in [5.74, 6) is 0.525. The normalized spacial score (nSPS) is 11.6. The monoisotopic (exact) mass is 463 g/mol. The molecule has 0 saturated heterocycles. The molecule has 2 heterocycles. The van der Waals surface area contributed by atoms with Gasteiger partial charge in [-0.15, -0.1) is 0 Å². The molecule has 0 saturated carbocycles. The minimum absolute atomic E-state index is 0.0715. The van der Waals surface area contributed by atoms with Crippen molar-refractivity contribution in [1.82, 2.24) is 19.7 Å². The van der Waals surface area contributed by atoms with Crippen LogP contribution < -0.4 is 9.64 Å². The Morgan fingerprint density at radius 1 is 1.26 bits per heavy atom. The van der Waals surface area contributed by atoms with Crippen molar-refractivity contribution in [2.45, 2.75) is 40.7 Å². The Morgan fingerprint density at radius 3 is 2.58 bits per heavy atom. The molecule has 0 fully saturated rings. The molecule has 0 aliphatic heterocycles. The lowest BCUT2D eigenvalue weighted by Crippen LogP contribution is -2.39. The number of amides is 1. The molecule has 0 unspecified atom stereocenters. The minimum atomic E-state index is -0.115. The number of ether oxygens (including phenoxy) is 1. The molecule has 7 nitrogen and oxygen atoms in total. The van der Waals surface area contributed by atoms with E-state index >= 15 is 0 Å². The van der Waals surface area contributed by atoms with Gasteiger partial charge in [-0.2, -0.15) is 5.10 Å². The third-order valence-corrected chi connectivity index (χ3v) is 6.78. The third kappa shape index (κ3) is 4.86. The van der Waals surface area contributed by atoms with E-state index in [0.29, 0.717) is 33.7 Å². The van der Waals surface area contributed by atoms with E-state index in [1.807, 2.05) is 26.8 Å². The summed E-state index contributed by atoms with van der Waals surface area (Å²) in [5, 5.41) is 5.72. The number of methoxy groups -OCH3 is 1. The van der Waals surface area contributed by atoms with Gasteiger partial charge in [0.1, 0.15) is 17.0 Å². The Hall–Kier alpha value is -2.16. The second kappa shape index (κ2) is 9.97. The van der Waals surface area contributed by atoms with Crippen LogP contribution in [-0.4, -0.2) is 58.9 Å². The van der Waals surface area contributed by atoms with Crippen LogP contribution in [0.15, 0.2) is 18.2 Å². The molecule has 9 heteroatoms. The number of hydrogen-bond donors (Lipinski definition) is 0. The highest BCUT2D eigenvalue weighted by Gasteiger charge is 2.27. The Balaban J connectivity index is 2.08. The van der Waals surface area contributed by atoms with E-state index in [-0.39, 0.29) is 11.9 Å². The number of anilines is 1. The van der Waals surface area contributed by atoms with Crippen LogP contribution in [0.5, 0.6) is 5.75 Å². The van der Waals surface area contributed by atoms with Gasteiger partial charge in [0.05, 0.1) is 22.5 Å². The summed E-state index contributed by atoms with van der Waals surface area (Å²) in [6.07, 6.45) is 0. The molecule has 3 rings (SSSR count). The summed E-state index contributed by atoms with van der Waals surface area (Å²) in [6.45, 7) is 13.3. The topological polar surface area (TPSA) is 63.5 Å². The van der Waals surface area contributed by atoms with E-state index in [2.05, 4.69) is 23.8 Å². The van der Waals surface area contributed by atoms with Gasteiger partial charge in [-0.05, 0) is 52.1 Å². The maximum absolute atomic E-state index is 13.7. The Kier molecular flexibility index (Phi) is 7.56. The standard InChI is InChI=1S/C22H30ClN5O2S/c1-7-26(8-2)11-12-27(21(29)17-13-15(5)25-28(17)14(3)4)22-24-19-18(30-6)10-9-16(23)20(19)31-22/h9-10,13-14H,7-8,11-12H2,1-6H3. The van der Waals surface area contributed by atoms with Crippen LogP contribution >= 0.6 is 22.9 Å². The highest BCUT2D eigenvalue weighted by Crippen LogP contribution is 2.39. The van der Waals surface area contributed by atoms with Crippen molar-refractivity contribution in [3.05, 3.63) is 34.6 Å². The Bertz CT molecular complexity index is 1060. The van der Waals surface area contributed by atoms with Crippen LogP contribution in [0.4, 0.5) is 5.13 Å². The molecule has 0 atom stereocenters. The van der Waals surface area contributed by atoms with Gasteiger partial charge in [-0.25, -0.2) is 4.98 Å². The number of halogens is 1. The lowest BCUT2D eigenvalue weighted by Gasteiger charge is -2.25. The van der Waals surface area contributed by atoms with Crippen molar-refractivity contribution in [2.75, 3.05) is 38.2 Å². The summed E-state index contributed by atoms with van der Waals surface area (Å²) in [5.41, 5.74) is 2.04. The van der Waals surface area contributed by atoms with Gasteiger partial charge in [0.15, 0.2) is 5.13 Å². The number of thiazole rings is 1. The lowest BCUT2D eigenvalue weighted by atomic mass is 10.3. The third-order valence-electron chi connectivity index (χ3n) is 5.24. The van der Waals surface area contributed by atoms with Crippen molar-refractivity contribution in [1.29, 1.82) is 0 Å². The fourth-order valence-corrected chi connectivity index (χ4v) is 4.78. The number of rotatable bonds is 9. The highest BCUT2D eigenvalue weighted by molar-refractivity contribution is 7.23. The molecule has 0 radical (unpaired) electrons. The van der Waals surface area contributed by atoms with E-state index in [1.54, 1.807) is 28.8 Å². The first kappa shape index (κ1) is 23.5. The number of nitrogens with zero attached hydrogens (tertiary/aromatic N) is 5. The average Bonchev–Trinajstić information content (AvgIpc) is 3.36. The second-order valence-corrected chi connectivity index (χ2v) is 9.00. The minimum Gasteiger partial charge on any atom is -0.494 e. The van der Waals surface area contributed by atoms with Crippen LogP contribution in [0.2, 0.25) is 5.02 Å². The molecule has 0 aliphatic rings. The molecular formula is C22H30ClN5O2S. The van der Waals surface area contributed by atoms with Crippen LogP contribution in [0, 0.1) is 6.92 Å². The van der Waals surface area contributed by atoms with E-state index in [0.717, 1.165) is 30.0 Å². The molecular weight excluding hydrogens is 434 g/mol. The fourth-order valence-electron chi connectivity index (χ4n) is 3.49. The van der Waals surface area contributed by atoms with Crippen molar-refractivity contribution in [3.8, 4) is 5.75 Å². The smallest absolute Gasteiger partial charge is 0.278 e. The zero-order chi connectivity index (χ0) is 22.7. The molecule has 0 aliphatic carbocycles. The van der Waals surface area contributed by atoms with Crippen LogP contribution in [0.1, 0.15) is 49.9 Å². The highest BCUT2D eigenvalue weighted by atomic mass is 35.5. The number of benzene rings is 1. The second-order valence-electron chi connectivity index (χ2n) is 7.62. The summed E-state index contributed by atoms with van der Waals surface area (Å²) in [6, 6.07) is 5.51. The maximum Gasteiger partial charge on any atom is 0.278 e. The van der Waals surface area contributed by atoms with E-state index in [4.69, 9.17) is 21.3 Å². The largest absolute Gasteiger partial charge is 0.494 e. The van der Waals surface area contributed by atoms with Gasteiger partial charge in [-0.3, -0.25) is 14.4 Å².